The van der Waals surface area contributed by atoms with Crippen LogP contribution in [-0.2, 0) is 15.6 Å². The van der Waals surface area contributed by atoms with E-state index in [2.05, 4.69) is 0 Å². The Morgan fingerprint density at radius 3 is 2.53 bits per heavy atom. The highest BCUT2D eigenvalue weighted by atomic mass is 35.5. The first-order valence-electron chi connectivity index (χ1n) is 4.18. The quantitative estimate of drug-likeness (QED) is 0.778. The molecule has 0 aliphatic carbocycles. The molecule has 1 heterocycles. The molecule has 1 atom stereocenters. The Morgan fingerprint density at radius 1 is 1.27 bits per heavy atom. The van der Waals surface area contributed by atoms with Gasteiger partial charge in [0.25, 0.3) is 0 Å². The van der Waals surface area contributed by atoms with Crippen LogP contribution in [0.3, 0.4) is 0 Å². The van der Waals surface area contributed by atoms with Crippen molar-refractivity contribution in [3.05, 3.63) is 28.2 Å². The molecule has 1 aromatic rings. The van der Waals surface area contributed by atoms with Crippen LogP contribution in [0.1, 0.15) is 0 Å². The second kappa shape index (κ2) is 4.12. The van der Waals surface area contributed by atoms with Gasteiger partial charge in [0, 0.05) is 5.69 Å². The van der Waals surface area contributed by atoms with Crippen molar-refractivity contribution >= 4 is 45.6 Å². The smallest absolute Gasteiger partial charge is 0.240 e. The van der Waals surface area contributed by atoms with Crippen LogP contribution in [0.4, 0.5) is 5.69 Å². The molecular formula is C9H7Cl2NO2S. The van der Waals surface area contributed by atoms with E-state index < -0.39 is 10.8 Å². The molecule has 6 heteroatoms. The third-order valence-corrected chi connectivity index (χ3v) is 3.93. The third-order valence-electron chi connectivity index (χ3n) is 2.07. The minimum Gasteiger partial charge on any atom is -0.299 e. The topological polar surface area (TPSA) is 37.4 Å². The summed E-state index contributed by atoms with van der Waals surface area (Å²) in [5.41, 5.74) is 0.639. The number of hydrogen-bond donors (Lipinski definition) is 0. The Balaban J connectivity index is 2.34. The average Bonchev–Trinajstić information content (AvgIpc) is 2.50. The highest BCUT2D eigenvalue weighted by molar-refractivity contribution is 7.86. The zero-order valence-electron chi connectivity index (χ0n) is 7.57. The Morgan fingerprint density at radius 2 is 2.00 bits per heavy atom. The Hall–Kier alpha value is -0.580. The maximum Gasteiger partial charge on any atom is 0.240 e. The van der Waals surface area contributed by atoms with Crippen LogP contribution >= 0.6 is 23.2 Å². The van der Waals surface area contributed by atoms with Gasteiger partial charge in [-0.1, -0.05) is 23.2 Å². The molecule has 1 amide bonds. The lowest BCUT2D eigenvalue weighted by Crippen LogP contribution is -2.24. The summed E-state index contributed by atoms with van der Waals surface area (Å²) in [6.07, 6.45) is 0. The molecule has 0 N–H and O–H groups in total. The molecule has 0 aromatic heterocycles. The van der Waals surface area contributed by atoms with E-state index in [0.717, 1.165) is 0 Å². The lowest BCUT2D eigenvalue weighted by molar-refractivity contribution is -0.115. The molecule has 1 aliphatic rings. The normalized spacial score (nSPS) is 21.1. The molecule has 1 saturated heterocycles. The number of hydrogen-bond acceptors (Lipinski definition) is 2. The first kappa shape index (κ1) is 10.9. The SMILES string of the molecule is O=C1CS(=O)CN1c1ccc(Cl)c(Cl)c1. The van der Waals surface area contributed by atoms with Gasteiger partial charge in [0.1, 0.15) is 11.6 Å². The van der Waals surface area contributed by atoms with Crippen LogP contribution in [-0.4, -0.2) is 21.7 Å². The van der Waals surface area contributed by atoms with Gasteiger partial charge in [0.2, 0.25) is 5.91 Å². The summed E-state index contributed by atoms with van der Waals surface area (Å²) in [5.74, 6) is 0.170. The van der Waals surface area contributed by atoms with Gasteiger partial charge in [-0.3, -0.25) is 13.9 Å². The maximum absolute atomic E-state index is 11.4. The van der Waals surface area contributed by atoms with Crippen LogP contribution in [0, 0.1) is 0 Å². The number of nitrogens with zero attached hydrogens (tertiary/aromatic N) is 1. The number of benzene rings is 1. The van der Waals surface area contributed by atoms with Crippen molar-refractivity contribution in [2.75, 3.05) is 16.5 Å². The summed E-state index contributed by atoms with van der Waals surface area (Å²) in [7, 11) is -1.10. The second-order valence-corrected chi connectivity index (χ2v) is 5.37. The molecule has 0 saturated carbocycles. The zero-order valence-corrected chi connectivity index (χ0v) is 9.90. The molecule has 1 unspecified atom stereocenters. The maximum atomic E-state index is 11.4. The van der Waals surface area contributed by atoms with E-state index in [9.17, 15) is 9.00 Å². The molecule has 0 bridgehead atoms. The third kappa shape index (κ3) is 2.17. The van der Waals surface area contributed by atoms with Crippen molar-refractivity contribution in [2.45, 2.75) is 0 Å². The fourth-order valence-electron chi connectivity index (χ4n) is 1.35. The summed E-state index contributed by atoms with van der Waals surface area (Å²) >= 11 is 11.6. The molecular weight excluding hydrogens is 257 g/mol. The van der Waals surface area contributed by atoms with Crippen molar-refractivity contribution in [2.24, 2.45) is 0 Å². The van der Waals surface area contributed by atoms with Crippen molar-refractivity contribution < 1.29 is 9.00 Å². The molecule has 2 rings (SSSR count). The van der Waals surface area contributed by atoms with Gasteiger partial charge >= 0.3 is 0 Å². The molecule has 1 aliphatic heterocycles. The molecule has 1 fully saturated rings. The lowest BCUT2D eigenvalue weighted by atomic mass is 10.3. The second-order valence-electron chi connectivity index (χ2n) is 3.13. The van der Waals surface area contributed by atoms with Crippen molar-refractivity contribution in [1.82, 2.24) is 0 Å². The summed E-state index contributed by atoms with van der Waals surface area (Å²) in [4.78, 5) is 12.9. The molecule has 80 valence electrons. The Kier molecular flexibility index (Phi) is 3.00. The number of halogens is 2. The van der Waals surface area contributed by atoms with Gasteiger partial charge in [0.05, 0.1) is 20.8 Å². The fourth-order valence-corrected chi connectivity index (χ4v) is 2.74. The van der Waals surface area contributed by atoms with Crippen LogP contribution < -0.4 is 4.90 Å². The number of carbonyl (C=O) groups is 1. The molecule has 0 radical (unpaired) electrons. The largest absolute Gasteiger partial charge is 0.299 e. The van der Waals surface area contributed by atoms with Crippen LogP contribution in [0.15, 0.2) is 18.2 Å². The number of amides is 1. The van der Waals surface area contributed by atoms with Gasteiger partial charge in [-0.2, -0.15) is 0 Å². The molecule has 3 nitrogen and oxygen atoms in total. The summed E-state index contributed by atoms with van der Waals surface area (Å²) in [5, 5.41) is 0.827. The minimum absolute atomic E-state index is 0.0836. The van der Waals surface area contributed by atoms with Crippen LogP contribution in [0.2, 0.25) is 10.0 Å². The predicted octanol–water partition coefficient (Wildman–Crippen LogP) is 2.05. The monoisotopic (exact) mass is 263 g/mol. The van der Waals surface area contributed by atoms with Gasteiger partial charge in [-0.25, -0.2) is 0 Å². The minimum atomic E-state index is -1.10. The van der Waals surface area contributed by atoms with Gasteiger partial charge < -0.3 is 0 Å². The van der Waals surface area contributed by atoms with Crippen molar-refractivity contribution in [3.63, 3.8) is 0 Å². The van der Waals surface area contributed by atoms with Crippen LogP contribution in [0.5, 0.6) is 0 Å². The van der Waals surface area contributed by atoms with E-state index in [1.807, 2.05) is 0 Å². The van der Waals surface area contributed by atoms with E-state index in [1.165, 1.54) is 4.90 Å². The predicted molar refractivity (Wildman–Crippen MR) is 61.8 cm³/mol. The molecule has 0 spiro atoms. The fraction of sp³-hybridized carbons (Fsp3) is 0.222. The van der Waals surface area contributed by atoms with E-state index in [-0.39, 0.29) is 17.5 Å². The summed E-state index contributed by atoms with van der Waals surface area (Å²) in [6, 6.07) is 4.91. The van der Waals surface area contributed by atoms with Gasteiger partial charge in [0.15, 0.2) is 0 Å². The number of anilines is 1. The summed E-state index contributed by atoms with van der Waals surface area (Å²) in [6.45, 7) is 0. The highest BCUT2D eigenvalue weighted by Crippen LogP contribution is 2.28. The number of rotatable bonds is 1. The van der Waals surface area contributed by atoms with E-state index in [1.54, 1.807) is 18.2 Å². The number of carbonyl (C=O) groups excluding carboxylic acids is 1. The standard InChI is InChI=1S/C9H7Cl2NO2S/c10-7-2-1-6(3-8(7)11)12-5-15(14)4-9(12)13/h1-3H,4-5H2. The summed E-state index contributed by atoms with van der Waals surface area (Å²) < 4.78 is 11.2. The van der Waals surface area contributed by atoms with Crippen molar-refractivity contribution in [3.8, 4) is 0 Å². The van der Waals surface area contributed by atoms with Gasteiger partial charge in [-0.05, 0) is 18.2 Å². The van der Waals surface area contributed by atoms with E-state index in [4.69, 9.17) is 23.2 Å². The lowest BCUT2D eigenvalue weighted by Gasteiger charge is -2.14. The Bertz CT molecular complexity index is 450. The average molecular weight is 264 g/mol. The van der Waals surface area contributed by atoms with Gasteiger partial charge in [-0.15, -0.1) is 0 Å². The van der Waals surface area contributed by atoms with Crippen LogP contribution in [0.25, 0.3) is 0 Å². The van der Waals surface area contributed by atoms with Crippen molar-refractivity contribution in [1.29, 1.82) is 0 Å². The molecule has 15 heavy (non-hydrogen) atoms. The van der Waals surface area contributed by atoms with E-state index >= 15 is 0 Å². The Labute approximate surface area is 99.4 Å². The molecule has 1 aromatic carbocycles. The first-order valence-corrected chi connectivity index (χ1v) is 6.43. The highest BCUT2D eigenvalue weighted by Gasteiger charge is 2.27. The zero-order chi connectivity index (χ0) is 11.0. The van der Waals surface area contributed by atoms with E-state index in [0.29, 0.717) is 15.7 Å². The first-order chi connectivity index (χ1) is 7.08.